The van der Waals surface area contributed by atoms with Gasteiger partial charge in [0, 0.05) is 18.1 Å². The second-order valence-electron chi connectivity index (χ2n) is 6.42. The number of imidazole rings is 1. The van der Waals surface area contributed by atoms with Gasteiger partial charge in [0.15, 0.2) is 5.82 Å². The molecular weight excluding hydrogens is 351 g/mol. The summed E-state index contributed by atoms with van der Waals surface area (Å²) in [7, 11) is 0. The van der Waals surface area contributed by atoms with Crippen LogP contribution in [-0.2, 0) is 6.54 Å². The van der Waals surface area contributed by atoms with Crippen molar-refractivity contribution < 1.29 is 4.39 Å². The molecule has 27 heavy (non-hydrogen) atoms. The molecule has 0 radical (unpaired) electrons. The number of H-pyrrole nitrogens is 2. The van der Waals surface area contributed by atoms with Crippen LogP contribution in [0.5, 0.6) is 0 Å². The van der Waals surface area contributed by atoms with Crippen LogP contribution in [0.3, 0.4) is 0 Å². The Balaban J connectivity index is 0.000000197. The molecule has 4 N–H and O–H groups in total. The molecule has 0 aliphatic carbocycles. The number of halogens is 1. The predicted octanol–water partition coefficient (Wildman–Crippen LogP) is 2.02. The minimum Gasteiger partial charge on any atom is -0.382 e. The van der Waals surface area contributed by atoms with E-state index in [0.717, 1.165) is 28.5 Å². The number of nitrogens with two attached hydrogens (primary N) is 1. The van der Waals surface area contributed by atoms with Crippen molar-refractivity contribution in [3.63, 3.8) is 0 Å². The molecule has 140 valence electrons. The second-order valence-corrected chi connectivity index (χ2v) is 6.42. The maximum atomic E-state index is 12.0. The van der Waals surface area contributed by atoms with Gasteiger partial charge in [0.05, 0.1) is 17.4 Å². The van der Waals surface area contributed by atoms with Crippen LogP contribution in [0, 0.1) is 11.7 Å². The molecule has 9 heteroatoms. The van der Waals surface area contributed by atoms with Gasteiger partial charge in [-0.25, -0.2) is 14.8 Å². The third-order valence-corrected chi connectivity index (χ3v) is 3.82. The highest BCUT2D eigenvalue weighted by Crippen LogP contribution is 2.27. The van der Waals surface area contributed by atoms with E-state index in [1.807, 2.05) is 29.5 Å². The first kappa shape index (κ1) is 18.3. The van der Waals surface area contributed by atoms with Crippen LogP contribution in [0.1, 0.15) is 13.8 Å². The van der Waals surface area contributed by atoms with Crippen molar-refractivity contribution in [2.45, 2.75) is 20.4 Å². The number of benzene rings is 1. The molecule has 0 aliphatic rings. The standard InChI is InChI=1S/C14H16N4.C4H3FN2O2/c1-9(2)7-18-8-16-12-13(18)10-5-3-4-6-11(10)17-14(12)15;5-2-1-6-4(9)7-3(2)8/h3-6,8-9H,7H2,1-2H3,(H2,15,17);1H,(H2,6,7,8,9). The Hall–Kier alpha value is -3.49. The summed E-state index contributed by atoms with van der Waals surface area (Å²) in [5.41, 5.74) is 7.09. The van der Waals surface area contributed by atoms with Crippen molar-refractivity contribution in [1.82, 2.24) is 24.5 Å². The summed E-state index contributed by atoms with van der Waals surface area (Å²) in [6.07, 6.45) is 2.57. The van der Waals surface area contributed by atoms with Crippen LogP contribution >= 0.6 is 0 Å². The summed E-state index contributed by atoms with van der Waals surface area (Å²) < 4.78 is 14.2. The van der Waals surface area contributed by atoms with E-state index < -0.39 is 17.1 Å². The number of nitrogens with zero attached hydrogens (tertiary/aromatic N) is 3. The molecule has 0 bridgehead atoms. The fourth-order valence-corrected chi connectivity index (χ4v) is 2.73. The first-order valence-corrected chi connectivity index (χ1v) is 8.33. The normalized spacial score (nSPS) is 11.0. The summed E-state index contributed by atoms with van der Waals surface area (Å²) >= 11 is 0. The molecule has 0 unspecified atom stereocenters. The maximum absolute atomic E-state index is 12.0. The number of pyridine rings is 1. The Kier molecular flexibility index (Phi) is 5.02. The fraction of sp³-hybridized carbons (Fsp3) is 0.222. The molecule has 0 amide bonds. The Bertz CT molecular complexity index is 1210. The lowest BCUT2D eigenvalue weighted by molar-refractivity contribution is 0.533. The van der Waals surface area contributed by atoms with E-state index in [1.54, 1.807) is 4.98 Å². The lowest BCUT2D eigenvalue weighted by atomic mass is 10.1. The first-order chi connectivity index (χ1) is 12.9. The van der Waals surface area contributed by atoms with Gasteiger partial charge < -0.3 is 15.3 Å². The molecule has 0 aliphatic heterocycles. The first-order valence-electron chi connectivity index (χ1n) is 8.33. The number of nitrogens with one attached hydrogen (secondary N) is 2. The van der Waals surface area contributed by atoms with Crippen LogP contribution in [0.25, 0.3) is 21.9 Å². The summed E-state index contributed by atoms with van der Waals surface area (Å²) in [5.74, 6) is 0.0800. The summed E-state index contributed by atoms with van der Waals surface area (Å²) in [6.45, 7) is 5.32. The zero-order valence-electron chi connectivity index (χ0n) is 14.9. The molecule has 0 atom stereocenters. The minimum atomic E-state index is -1.00. The van der Waals surface area contributed by atoms with Gasteiger partial charge in [-0.05, 0) is 12.0 Å². The number of rotatable bonds is 2. The van der Waals surface area contributed by atoms with Gasteiger partial charge in [0.2, 0.25) is 5.82 Å². The zero-order chi connectivity index (χ0) is 19.6. The number of fused-ring (bicyclic) bond motifs is 3. The number of aromatic nitrogens is 5. The largest absolute Gasteiger partial charge is 0.382 e. The quantitative estimate of drug-likeness (QED) is 0.498. The second kappa shape index (κ2) is 7.40. The lowest BCUT2D eigenvalue weighted by Gasteiger charge is -2.09. The summed E-state index contributed by atoms with van der Waals surface area (Å²) in [6, 6.07) is 8.05. The summed E-state index contributed by atoms with van der Waals surface area (Å²) in [4.78, 5) is 32.8. The Morgan fingerprint density at radius 1 is 1.26 bits per heavy atom. The zero-order valence-corrected chi connectivity index (χ0v) is 14.9. The minimum absolute atomic E-state index is 0.506. The SMILES string of the molecule is CC(C)Cn1cnc2c(N)nc3ccccc3c21.O=c1[nH]cc(F)c(=O)[nH]1. The molecule has 0 saturated heterocycles. The topological polar surface area (TPSA) is 122 Å². The average Bonchev–Trinajstić information content (AvgIpc) is 3.03. The lowest BCUT2D eigenvalue weighted by Crippen LogP contribution is -2.23. The molecule has 8 nitrogen and oxygen atoms in total. The van der Waals surface area contributed by atoms with Gasteiger partial charge in [-0.3, -0.25) is 9.78 Å². The van der Waals surface area contributed by atoms with E-state index in [0.29, 0.717) is 17.9 Å². The third kappa shape index (κ3) is 3.86. The van der Waals surface area contributed by atoms with E-state index in [9.17, 15) is 14.0 Å². The van der Waals surface area contributed by atoms with Crippen LogP contribution < -0.4 is 17.0 Å². The van der Waals surface area contributed by atoms with Crippen LogP contribution in [-0.4, -0.2) is 24.5 Å². The number of hydrogen-bond donors (Lipinski definition) is 3. The molecule has 4 rings (SSSR count). The highest BCUT2D eigenvalue weighted by Gasteiger charge is 2.12. The van der Waals surface area contributed by atoms with Crippen molar-refractivity contribution in [1.29, 1.82) is 0 Å². The van der Waals surface area contributed by atoms with Crippen LogP contribution in [0.15, 0.2) is 46.4 Å². The van der Waals surface area contributed by atoms with Gasteiger partial charge in [-0.1, -0.05) is 32.0 Å². The number of hydrogen-bond acceptors (Lipinski definition) is 5. The molecule has 3 aromatic heterocycles. The smallest absolute Gasteiger partial charge is 0.325 e. The van der Waals surface area contributed by atoms with Crippen molar-refractivity contribution >= 4 is 27.8 Å². The molecule has 0 spiro atoms. The number of nitrogen functional groups attached to an aromatic ring is 1. The van der Waals surface area contributed by atoms with E-state index >= 15 is 0 Å². The van der Waals surface area contributed by atoms with E-state index in [4.69, 9.17) is 5.73 Å². The molecule has 0 fully saturated rings. The number of anilines is 1. The van der Waals surface area contributed by atoms with Crippen molar-refractivity contribution in [3.8, 4) is 0 Å². The highest BCUT2D eigenvalue weighted by molar-refractivity contribution is 6.06. The maximum Gasteiger partial charge on any atom is 0.325 e. The number of aromatic amines is 2. The summed E-state index contributed by atoms with van der Waals surface area (Å²) in [5, 5.41) is 1.11. The van der Waals surface area contributed by atoms with Gasteiger partial charge >= 0.3 is 5.69 Å². The van der Waals surface area contributed by atoms with Crippen LogP contribution in [0.2, 0.25) is 0 Å². The van der Waals surface area contributed by atoms with E-state index in [1.165, 1.54) is 0 Å². The van der Waals surface area contributed by atoms with Gasteiger partial charge in [-0.15, -0.1) is 0 Å². The Labute approximate surface area is 152 Å². The van der Waals surface area contributed by atoms with Crippen molar-refractivity contribution in [3.05, 3.63) is 63.4 Å². The van der Waals surface area contributed by atoms with E-state index in [-0.39, 0.29) is 0 Å². The number of para-hydroxylation sites is 1. The highest BCUT2D eigenvalue weighted by atomic mass is 19.1. The van der Waals surface area contributed by atoms with Gasteiger partial charge in [-0.2, -0.15) is 4.39 Å². The Morgan fingerprint density at radius 3 is 2.67 bits per heavy atom. The fourth-order valence-electron chi connectivity index (χ4n) is 2.73. The van der Waals surface area contributed by atoms with Crippen molar-refractivity contribution in [2.75, 3.05) is 5.73 Å². The molecule has 1 aromatic carbocycles. The molecular formula is C18H19FN6O2. The molecule has 3 heterocycles. The monoisotopic (exact) mass is 370 g/mol. The van der Waals surface area contributed by atoms with E-state index in [2.05, 4.69) is 34.4 Å². The van der Waals surface area contributed by atoms with Gasteiger partial charge in [0.25, 0.3) is 5.56 Å². The van der Waals surface area contributed by atoms with Crippen LogP contribution in [0.4, 0.5) is 10.2 Å². The van der Waals surface area contributed by atoms with Crippen molar-refractivity contribution in [2.24, 2.45) is 5.92 Å². The molecule has 0 saturated carbocycles. The van der Waals surface area contributed by atoms with Gasteiger partial charge in [0.1, 0.15) is 5.52 Å². The predicted molar refractivity (Wildman–Crippen MR) is 102 cm³/mol. The Morgan fingerprint density at radius 2 is 2.00 bits per heavy atom. The third-order valence-electron chi connectivity index (χ3n) is 3.82. The molecule has 4 aromatic rings. The average molecular weight is 370 g/mol.